The van der Waals surface area contributed by atoms with E-state index >= 15 is 0 Å². The van der Waals surface area contributed by atoms with Crippen molar-refractivity contribution in [3.05, 3.63) is 42.6 Å². The third-order valence-electron chi connectivity index (χ3n) is 2.15. The second-order valence-corrected chi connectivity index (χ2v) is 3.19. The Hall–Kier alpha value is -2.10. The molecule has 0 radical (unpaired) electrons. The Bertz CT molecular complexity index is 477. The van der Waals surface area contributed by atoms with Gasteiger partial charge >= 0.3 is 6.09 Å². The van der Waals surface area contributed by atoms with Crippen LogP contribution in [0.3, 0.4) is 0 Å². The minimum absolute atomic E-state index is 0.340. The molecule has 0 atom stereocenters. The smallest absolute Gasteiger partial charge is 0.435 e. The van der Waals surface area contributed by atoms with Crippen molar-refractivity contribution in [2.45, 2.75) is 6.92 Å². The summed E-state index contributed by atoms with van der Waals surface area (Å²) in [5.74, 6) is 0. The maximum absolute atomic E-state index is 11.6. The van der Waals surface area contributed by atoms with Crippen LogP contribution in [0, 0.1) is 0 Å². The second kappa shape index (κ2) is 4.61. The summed E-state index contributed by atoms with van der Waals surface area (Å²) in [5, 5.41) is 3.95. The molecule has 1 aromatic heterocycles. The average Bonchev–Trinajstić information content (AvgIpc) is 2.79. The Morgan fingerprint density at radius 2 is 2.06 bits per heavy atom. The van der Waals surface area contributed by atoms with Crippen LogP contribution in [-0.4, -0.2) is 22.5 Å². The van der Waals surface area contributed by atoms with Gasteiger partial charge in [0.15, 0.2) is 0 Å². The van der Waals surface area contributed by atoms with Crippen LogP contribution >= 0.6 is 0 Å². The molecule has 2 rings (SSSR count). The minimum Gasteiger partial charge on any atom is -0.448 e. The van der Waals surface area contributed by atoms with Crippen molar-refractivity contribution in [1.82, 2.24) is 9.78 Å². The van der Waals surface area contributed by atoms with Crippen molar-refractivity contribution >= 4 is 6.09 Å². The van der Waals surface area contributed by atoms with Gasteiger partial charge in [-0.25, -0.2) is 4.79 Å². The molecule has 4 heteroatoms. The maximum Gasteiger partial charge on any atom is 0.435 e. The van der Waals surface area contributed by atoms with Crippen molar-refractivity contribution in [3.63, 3.8) is 0 Å². The number of carbonyl (C=O) groups is 1. The quantitative estimate of drug-likeness (QED) is 0.774. The summed E-state index contributed by atoms with van der Waals surface area (Å²) in [7, 11) is 0. The molecular weight excluding hydrogens is 204 g/mol. The summed E-state index contributed by atoms with van der Waals surface area (Å²) in [6.45, 7) is 2.11. The van der Waals surface area contributed by atoms with E-state index in [9.17, 15) is 4.79 Å². The Morgan fingerprint density at radius 3 is 2.75 bits per heavy atom. The predicted octanol–water partition coefficient (Wildman–Crippen LogP) is 2.55. The van der Waals surface area contributed by atoms with Crippen LogP contribution in [0.1, 0.15) is 6.92 Å². The van der Waals surface area contributed by atoms with E-state index in [1.807, 2.05) is 30.3 Å². The Morgan fingerprint density at radius 1 is 1.31 bits per heavy atom. The van der Waals surface area contributed by atoms with Crippen LogP contribution in [0.5, 0.6) is 0 Å². The number of ether oxygens (including phenoxy) is 1. The molecule has 82 valence electrons. The third kappa shape index (κ3) is 1.95. The Labute approximate surface area is 93.5 Å². The number of carbonyl (C=O) groups excluding carboxylic acids is 1. The Kier molecular flexibility index (Phi) is 3.00. The molecule has 0 aliphatic carbocycles. The molecular formula is C12H12N2O2. The lowest BCUT2D eigenvalue weighted by atomic mass is 10.1. The van der Waals surface area contributed by atoms with Crippen molar-refractivity contribution in [1.29, 1.82) is 0 Å². The monoisotopic (exact) mass is 216 g/mol. The fourth-order valence-corrected chi connectivity index (χ4v) is 1.46. The summed E-state index contributed by atoms with van der Waals surface area (Å²) < 4.78 is 6.17. The standard InChI is InChI=1S/C12H12N2O2/c1-2-16-12(15)14-11(8-9-13-14)10-6-4-3-5-7-10/h3-9H,2H2,1H3. The van der Waals surface area contributed by atoms with Gasteiger partial charge in [-0.05, 0) is 13.0 Å². The lowest BCUT2D eigenvalue weighted by Crippen LogP contribution is -2.15. The van der Waals surface area contributed by atoms with E-state index in [2.05, 4.69) is 5.10 Å². The van der Waals surface area contributed by atoms with Crippen molar-refractivity contribution in [2.75, 3.05) is 6.61 Å². The van der Waals surface area contributed by atoms with Crippen LogP contribution in [0.2, 0.25) is 0 Å². The highest BCUT2D eigenvalue weighted by Crippen LogP contribution is 2.18. The molecule has 0 aliphatic rings. The zero-order valence-corrected chi connectivity index (χ0v) is 8.96. The predicted molar refractivity (Wildman–Crippen MR) is 60.1 cm³/mol. The summed E-state index contributed by atoms with van der Waals surface area (Å²) >= 11 is 0. The topological polar surface area (TPSA) is 44.1 Å². The van der Waals surface area contributed by atoms with Gasteiger partial charge in [-0.15, -0.1) is 0 Å². The first-order valence-corrected chi connectivity index (χ1v) is 5.09. The van der Waals surface area contributed by atoms with Gasteiger partial charge in [-0.3, -0.25) is 0 Å². The fraction of sp³-hybridized carbons (Fsp3) is 0.167. The molecule has 0 spiro atoms. The molecule has 4 nitrogen and oxygen atoms in total. The van der Waals surface area contributed by atoms with E-state index in [-0.39, 0.29) is 0 Å². The van der Waals surface area contributed by atoms with E-state index in [0.29, 0.717) is 6.61 Å². The highest BCUT2D eigenvalue weighted by molar-refractivity contribution is 5.76. The lowest BCUT2D eigenvalue weighted by Gasteiger charge is -2.05. The van der Waals surface area contributed by atoms with Gasteiger partial charge in [0.05, 0.1) is 18.5 Å². The van der Waals surface area contributed by atoms with Crippen LogP contribution < -0.4 is 0 Å². The molecule has 0 fully saturated rings. The first kappa shape index (κ1) is 10.4. The average molecular weight is 216 g/mol. The molecule has 0 amide bonds. The van der Waals surface area contributed by atoms with Crippen LogP contribution in [-0.2, 0) is 4.74 Å². The number of nitrogens with zero attached hydrogens (tertiary/aromatic N) is 2. The van der Waals surface area contributed by atoms with Crippen LogP contribution in [0.25, 0.3) is 11.3 Å². The SMILES string of the molecule is CCOC(=O)n1nccc1-c1ccccc1. The van der Waals surface area contributed by atoms with Crippen molar-refractivity contribution in [3.8, 4) is 11.3 Å². The maximum atomic E-state index is 11.6. The van der Waals surface area contributed by atoms with E-state index in [4.69, 9.17) is 4.74 Å². The zero-order chi connectivity index (χ0) is 11.4. The van der Waals surface area contributed by atoms with Gasteiger partial charge in [0.2, 0.25) is 0 Å². The minimum atomic E-state index is -0.452. The summed E-state index contributed by atoms with van der Waals surface area (Å²) in [6.07, 6.45) is 1.13. The number of rotatable bonds is 2. The van der Waals surface area contributed by atoms with E-state index in [1.54, 1.807) is 19.2 Å². The molecule has 2 aromatic rings. The normalized spacial score (nSPS) is 10.1. The second-order valence-electron chi connectivity index (χ2n) is 3.19. The van der Waals surface area contributed by atoms with Gasteiger partial charge in [0, 0.05) is 5.56 Å². The zero-order valence-electron chi connectivity index (χ0n) is 8.96. The molecule has 0 saturated carbocycles. The van der Waals surface area contributed by atoms with Gasteiger partial charge in [0.25, 0.3) is 0 Å². The van der Waals surface area contributed by atoms with Gasteiger partial charge in [-0.1, -0.05) is 30.3 Å². The third-order valence-corrected chi connectivity index (χ3v) is 2.15. The first-order valence-electron chi connectivity index (χ1n) is 5.09. The molecule has 0 aliphatic heterocycles. The number of hydrogen-bond donors (Lipinski definition) is 0. The lowest BCUT2D eigenvalue weighted by molar-refractivity contribution is 0.151. The van der Waals surface area contributed by atoms with Gasteiger partial charge in [-0.2, -0.15) is 9.78 Å². The van der Waals surface area contributed by atoms with Gasteiger partial charge < -0.3 is 4.74 Å². The summed E-state index contributed by atoms with van der Waals surface area (Å²) in [6, 6.07) is 11.4. The molecule has 0 N–H and O–H groups in total. The van der Waals surface area contributed by atoms with Crippen LogP contribution in [0.4, 0.5) is 4.79 Å². The van der Waals surface area contributed by atoms with Crippen molar-refractivity contribution in [2.24, 2.45) is 0 Å². The molecule has 0 unspecified atom stereocenters. The molecule has 16 heavy (non-hydrogen) atoms. The van der Waals surface area contributed by atoms with E-state index in [0.717, 1.165) is 11.3 Å². The Balaban J connectivity index is 2.37. The van der Waals surface area contributed by atoms with Crippen molar-refractivity contribution < 1.29 is 9.53 Å². The summed E-state index contributed by atoms with van der Waals surface area (Å²) in [5.41, 5.74) is 1.67. The van der Waals surface area contributed by atoms with E-state index in [1.165, 1.54) is 4.68 Å². The fourth-order valence-electron chi connectivity index (χ4n) is 1.46. The number of hydrogen-bond acceptors (Lipinski definition) is 3. The largest absolute Gasteiger partial charge is 0.448 e. The highest BCUT2D eigenvalue weighted by atomic mass is 16.5. The molecule has 0 saturated heterocycles. The van der Waals surface area contributed by atoms with Crippen LogP contribution in [0.15, 0.2) is 42.6 Å². The van der Waals surface area contributed by atoms with E-state index < -0.39 is 6.09 Å². The number of aromatic nitrogens is 2. The summed E-state index contributed by atoms with van der Waals surface area (Å²) in [4.78, 5) is 11.6. The van der Waals surface area contributed by atoms with Gasteiger partial charge in [0.1, 0.15) is 0 Å². The number of benzene rings is 1. The molecule has 0 bridgehead atoms. The highest BCUT2D eigenvalue weighted by Gasteiger charge is 2.12. The molecule has 1 aromatic carbocycles. The molecule has 1 heterocycles. The first-order chi connectivity index (χ1) is 7.83.